The number of anilines is 2. The first-order chi connectivity index (χ1) is 8.97. The molecule has 2 aromatic rings. The first kappa shape index (κ1) is 13.9. The van der Waals surface area contributed by atoms with Crippen LogP contribution in [-0.2, 0) is 0 Å². The molecule has 0 unspecified atom stereocenters. The second-order valence-corrected chi connectivity index (χ2v) is 5.32. The Morgan fingerprint density at radius 3 is 2.79 bits per heavy atom. The van der Waals surface area contributed by atoms with Gasteiger partial charge in [-0.3, -0.25) is 0 Å². The van der Waals surface area contributed by atoms with Gasteiger partial charge < -0.3 is 11.1 Å². The van der Waals surface area contributed by atoms with Gasteiger partial charge in [-0.2, -0.15) is 0 Å². The standard InChI is InChI=1S/C13H11BrFN3S/c1-7-2-4-9(12(16)19)13(17-7)18-11-6-8(14)3-5-10(11)15/h2-6H,1H3,(H2,16,19)(H,17,18). The van der Waals surface area contributed by atoms with Crippen LogP contribution >= 0.6 is 28.1 Å². The molecule has 1 heterocycles. The summed E-state index contributed by atoms with van der Waals surface area (Å²) in [5.74, 6) is 0.0740. The Labute approximate surface area is 124 Å². The average Bonchev–Trinajstić information content (AvgIpc) is 2.33. The van der Waals surface area contributed by atoms with E-state index >= 15 is 0 Å². The van der Waals surface area contributed by atoms with Crippen molar-refractivity contribution in [3.8, 4) is 0 Å². The van der Waals surface area contributed by atoms with Crippen LogP contribution in [0.4, 0.5) is 15.9 Å². The fraction of sp³-hybridized carbons (Fsp3) is 0.0769. The highest BCUT2D eigenvalue weighted by atomic mass is 79.9. The molecule has 98 valence electrons. The first-order valence-corrected chi connectivity index (χ1v) is 6.67. The van der Waals surface area contributed by atoms with Gasteiger partial charge in [-0.1, -0.05) is 28.1 Å². The molecule has 0 fully saturated rings. The molecule has 6 heteroatoms. The van der Waals surface area contributed by atoms with Crippen LogP contribution in [0.25, 0.3) is 0 Å². The summed E-state index contributed by atoms with van der Waals surface area (Å²) in [6.07, 6.45) is 0. The van der Waals surface area contributed by atoms with E-state index in [9.17, 15) is 4.39 Å². The lowest BCUT2D eigenvalue weighted by molar-refractivity contribution is 0.631. The molecule has 0 aliphatic heterocycles. The molecule has 0 radical (unpaired) electrons. The van der Waals surface area contributed by atoms with Gasteiger partial charge in [0.15, 0.2) is 0 Å². The van der Waals surface area contributed by atoms with Gasteiger partial charge >= 0.3 is 0 Å². The normalized spacial score (nSPS) is 10.3. The number of aromatic nitrogens is 1. The van der Waals surface area contributed by atoms with Crippen LogP contribution in [0.1, 0.15) is 11.3 Å². The van der Waals surface area contributed by atoms with Crippen molar-refractivity contribution >= 4 is 44.6 Å². The molecule has 0 saturated heterocycles. The van der Waals surface area contributed by atoms with Crippen LogP contribution in [0.5, 0.6) is 0 Å². The van der Waals surface area contributed by atoms with Crippen molar-refractivity contribution in [2.45, 2.75) is 6.92 Å². The molecule has 0 saturated carbocycles. The number of halogens is 2. The summed E-state index contributed by atoms with van der Waals surface area (Å²) in [5.41, 5.74) is 7.32. The minimum Gasteiger partial charge on any atom is -0.389 e. The molecule has 0 atom stereocenters. The zero-order chi connectivity index (χ0) is 14.0. The summed E-state index contributed by atoms with van der Waals surface area (Å²) in [6, 6.07) is 8.18. The molecule has 0 aliphatic rings. The highest BCUT2D eigenvalue weighted by Crippen LogP contribution is 2.25. The van der Waals surface area contributed by atoms with Gasteiger partial charge in [0, 0.05) is 10.2 Å². The predicted molar refractivity (Wildman–Crippen MR) is 82.2 cm³/mol. The van der Waals surface area contributed by atoms with Crippen molar-refractivity contribution in [1.29, 1.82) is 0 Å². The van der Waals surface area contributed by atoms with Crippen LogP contribution < -0.4 is 11.1 Å². The van der Waals surface area contributed by atoms with Gasteiger partial charge in [-0.25, -0.2) is 9.37 Å². The second kappa shape index (κ2) is 5.63. The monoisotopic (exact) mass is 339 g/mol. The van der Waals surface area contributed by atoms with Crippen molar-refractivity contribution in [3.63, 3.8) is 0 Å². The largest absolute Gasteiger partial charge is 0.389 e. The Kier molecular flexibility index (Phi) is 4.11. The lowest BCUT2D eigenvalue weighted by Crippen LogP contribution is -2.13. The van der Waals surface area contributed by atoms with Gasteiger partial charge in [-0.15, -0.1) is 0 Å². The van der Waals surface area contributed by atoms with Gasteiger partial charge in [0.2, 0.25) is 0 Å². The van der Waals surface area contributed by atoms with Gasteiger partial charge in [-0.05, 0) is 37.3 Å². The summed E-state index contributed by atoms with van der Waals surface area (Å²) in [5, 5.41) is 2.92. The summed E-state index contributed by atoms with van der Waals surface area (Å²) in [6.45, 7) is 1.84. The van der Waals surface area contributed by atoms with Crippen molar-refractivity contribution < 1.29 is 4.39 Å². The topological polar surface area (TPSA) is 50.9 Å². The van der Waals surface area contributed by atoms with Crippen molar-refractivity contribution in [3.05, 3.63) is 51.9 Å². The smallest absolute Gasteiger partial charge is 0.146 e. The Morgan fingerprint density at radius 1 is 1.37 bits per heavy atom. The molecule has 2 rings (SSSR count). The zero-order valence-electron chi connectivity index (χ0n) is 10.1. The molecule has 1 aromatic carbocycles. The van der Waals surface area contributed by atoms with E-state index in [0.717, 1.165) is 10.2 Å². The Bertz CT molecular complexity index is 646. The molecule has 0 bridgehead atoms. The number of pyridine rings is 1. The van der Waals surface area contributed by atoms with E-state index in [0.29, 0.717) is 17.1 Å². The van der Waals surface area contributed by atoms with Gasteiger partial charge in [0.25, 0.3) is 0 Å². The summed E-state index contributed by atoms with van der Waals surface area (Å²) < 4.78 is 14.5. The van der Waals surface area contributed by atoms with Crippen LogP contribution in [0.3, 0.4) is 0 Å². The Balaban J connectivity index is 2.45. The van der Waals surface area contributed by atoms with E-state index < -0.39 is 0 Å². The highest BCUT2D eigenvalue weighted by molar-refractivity contribution is 9.10. The molecule has 19 heavy (non-hydrogen) atoms. The van der Waals surface area contributed by atoms with Crippen LogP contribution in [0, 0.1) is 12.7 Å². The minimum absolute atomic E-state index is 0.213. The third-order valence-electron chi connectivity index (χ3n) is 2.48. The van der Waals surface area contributed by atoms with E-state index in [1.54, 1.807) is 24.3 Å². The van der Waals surface area contributed by atoms with Crippen LogP contribution in [0.2, 0.25) is 0 Å². The molecular formula is C13H11BrFN3S. The molecular weight excluding hydrogens is 329 g/mol. The van der Waals surface area contributed by atoms with Crippen molar-refractivity contribution in [2.24, 2.45) is 5.73 Å². The number of hydrogen-bond acceptors (Lipinski definition) is 3. The molecule has 1 aromatic heterocycles. The number of benzene rings is 1. The number of rotatable bonds is 3. The Hall–Kier alpha value is -1.53. The van der Waals surface area contributed by atoms with E-state index in [4.69, 9.17) is 18.0 Å². The molecule has 0 aliphatic carbocycles. The van der Waals surface area contributed by atoms with Crippen molar-refractivity contribution in [1.82, 2.24) is 4.98 Å². The number of nitrogens with one attached hydrogen (secondary N) is 1. The lowest BCUT2D eigenvalue weighted by Gasteiger charge is -2.12. The molecule has 0 spiro atoms. The van der Waals surface area contributed by atoms with E-state index in [-0.39, 0.29) is 10.8 Å². The average molecular weight is 340 g/mol. The van der Waals surface area contributed by atoms with Crippen molar-refractivity contribution in [2.75, 3.05) is 5.32 Å². The maximum Gasteiger partial charge on any atom is 0.146 e. The number of nitrogens with zero attached hydrogens (tertiary/aromatic N) is 1. The van der Waals surface area contributed by atoms with Gasteiger partial charge in [0.1, 0.15) is 16.6 Å². The van der Waals surface area contributed by atoms with E-state index in [1.807, 2.05) is 6.92 Å². The number of nitrogens with two attached hydrogens (primary N) is 1. The van der Waals surface area contributed by atoms with Crippen LogP contribution in [-0.4, -0.2) is 9.97 Å². The second-order valence-electron chi connectivity index (χ2n) is 3.96. The molecule has 3 nitrogen and oxygen atoms in total. The maximum absolute atomic E-state index is 13.7. The van der Waals surface area contributed by atoms with Gasteiger partial charge in [0.05, 0.1) is 11.3 Å². The predicted octanol–water partition coefficient (Wildman–Crippen LogP) is 3.67. The van der Waals surface area contributed by atoms with E-state index in [1.165, 1.54) is 6.07 Å². The molecule has 3 N–H and O–H groups in total. The quantitative estimate of drug-likeness (QED) is 0.837. The SMILES string of the molecule is Cc1ccc(C(N)=S)c(Nc2cc(Br)ccc2F)n1. The summed E-state index contributed by atoms with van der Waals surface area (Å²) >= 11 is 8.26. The van der Waals surface area contributed by atoms with E-state index in [2.05, 4.69) is 26.2 Å². The fourth-order valence-corrected chi connectivity index (χ4v) is 2.10. The fourth-order valence-electron chi connectivity index (χ4n) is 1.57. The zero-order valence-corrected chi connectivity index (χ0v) is 12.5. The van der Waals surface area contributed by atoms with Crippen LogP contribution in [0.15, 0.2) is 34.8 Å². The number of hydrogen-bond donors (Lipinski definition) is 2. The Morgan fingerprint density at radius 2 is 2.11 bits per heavy atom. The maximum atomic E-state index is 13.7. The molecule has 0 amide bonds. The number of aryl methyl sites for hydroxylation is 1. The minimum atomic E-state index is -0.375. The summed E-state index contributed by atoms with van der Waals surface area (Å²) in [7, 11) is 0. The highest BCUT2D eigenvalue weighted by Gasteiger charge is 2.10. The lowest BCUT2D eigenvalue weighted by atomic mass is 10.2. The number of thiocarbonyl (C=S) groups is 1. The third kappa shape index (κ3) is 3.27. The first-order valence-electron chi connectivity index (χ1n) is 5.47. The summed E-state index contributed by atoms with van der Waals surface area (Å²) in [4.78, 5) is 4.51. The third-order valence-corrected chi connectivity index (χ3v) is 3.19.